The lowest BCUT2D eigenvalue weighted by Gasteiger charge is -2.36. The standard InChI is InChI=1S/C17H25ClN2O/c1-2-21-15-6-4-10-20(12-15)17-13(5-3-7-16(17)18)11-19-14-8-9-14/h3,5,7,14-15,19H,2,4,6,8-12H2,1H3. The van der Waals surface area contributed by atoms with Crippen molar-refractivity contribution >= 4 is 17.3 Å². The second-order valence-electron chi connectivity index (χ2n) is 6.07. The first-order valence-corrected chi connectivity index (χ1v) is 8.53. The fraction of sp³-hybridized carbons (Fsp3) is 0.647. The summed E-state index contributed by atoms with van der Waals surface area (Å²) >= 11 is 6.51. The molecule has 0 spiro atoms. The van der Waals surface area contributed by atoms with Crippen LogP contribution in [-0.2, 0) is 11.3 Å². The lowest BCUT2D eigenvalue weighted by Crippen LogP contribution is -2.40. The van der Waals surface area contributed by atoms with Crippen LogP contribution in [0.15, 0.2) is 18.2 Å². The van der Waals surface area contributed by atoms with Crippen molar-refractivity contribution in [2.45, 2.75) is 51.3 Å². The molecule has 0 amide bonds. The number of anilines is 1. The van der Waals surface area contributed by atoms with Gasteiger partial charge in [-0.15, -0.1) is 0 Å². The predicted octanol–water partition coefficient (Wildman–Crippen LogP) is 3.60. The van der Waals surface area contributed by atoms with Gasteiger partial charge in [0.15, 0.2) is 0 Å². The number of hydrogen-bond donors (Lipinski definition) is 1. The molecule has 1 saturated heterocycles. The minimum Gasteiger partial charge on any atom is -0.377 e. The predicted molar refractivity (Wildman–Crippen MR) is 88.2 cm³/mol. The van der Waals surface area contributed by atoms with E-state index in [4.69, 9.17) is 16.3 Å². The normalized spacial score (nSPS) is 22.6. The van der Waals surface area contributed by atoms with E-state index in [0.717, 1.165) is 43.7 Å². The maximum Gasteiger partial charge on any atom is 0.0750 e. The molecule has 21 heavy (non-hydrogen) atoms. The van der Waals surface area contributed by atoms with Crippen LogP contribution in [0.4, 0.5) is 5.69 Å². The van der Waals surface area contributed by atoms with E-state index in [1.807, 2.05) is 6.07 Å². The van der Waals surface area contributed by atoms with Crippen LogP contribution in [0.1, 0.15) is 38.2 Å². The summed E-state index contributed by atoms with van der Waals surface area (Å²) in [4.78, 5) is 2.41. The maximum atomic E-state index is 6.51. The summed E-state index contributed by atoms with van der Waals surface area (Å²) in [5.74, 6) is 0. The molecule has 1 N–H and O–H groups in total. The van der Waals surface area contributed by atoms with Crippen molar-refractivity contribution in [3.63, 3.8) is 0 Å². The Morgan fingerprint density at radius 1 is 1.33 bits per heavy atom. The zero-order chi connectivity index (χ0) is 14.7. The van der Waals surface area contributed by atoms with E-state index in [1.165, 1.54) is 30.5 Å². The van der Waals surface area contributed by atoms with Crippen LogP contribution in [-0.4, -0.2) is 31.8 Å². The highest BCUT2D eigenvalue weighted by atomic mass is 35.5. The summed E-state index contributed by atoms with van der Waals surface area (Å²) in [5.41, 5.74) is 2.52. The molecule has 0 bridgehead atoms. The molecule has 2 fully saturated rings. The van der Waals surface area contributed by atoms with Crippen molar-refractivity contribution in [3.05, 3.63) is 28.8 Å². The van der Waals surface area contributed by atoms with E-state index in [9.17, 15) is 0 Å². The van der Waals surface area contributed by atoms with Gasteiger partial charge in [0.2, 0.25) is 0 Å². The Bertz CT molecular complexity index is 474. The monoisotopic (exact) mass is 308 g/mol. The van der Waals surface area contributed by atoms with E-state index < -0.39 is 0 Å². The number of piperidine rings is 1. The highest BCUT2D eigenvalue weighted by Crippen LogP contribution is 2.33. The highest BCUT2D eigenvalue weighted by Gasteiger charge is 2.25. The third-order valence-electron chi connectivity index (χ3n) is 4.33. The largest absolute Gasteiger partial charge is 0.377 e. The third-order valence-corrected chi connectivity index (χ3v) is 4.63. The Morgan fingerprint density at radius 2 is 2.19 bits per heavy atom. The first-order chi connectivity index (χ1) is 10.3. The van der Waals surface area contributed by atoms with Crippen LogP contribution >= 0.6 is 11.6 Å². The molecule has 1 aromatic carbocycles. The molecule has 1 aromatic rings. The van der Waals surface area contributed by atoms with Crippen molar-refractivity contribution < 1.29 is 4.74 Å². The molecule has 1 aliphatic heterocycles. The molecule has 1 aliphatic carbocycles. The van der Waals surface area contributed by atoms with Crippen molar-refractivity contribution in [1.82, 2.24) is 5.32 Å². The first-order valence-electron chi connectivity index (χ1n) is 8.15. The zero-order valence-corrected chi connectivity index (χ0v) is 13.5. The van der Waals surface area contributed by atoms with Crippen molar-refractivity contribution in [2.24, 2.45) is 0 Å². The topological polar surface area (TPSA) is 24.5 Å². The second-order valence-corrected chi connectivity index (χ2v) is 6.48. The Hall–Kier alpha value is -0.770. The number of ether oxygens (including phenoxy) is 1. The van der Waals surface area contributed by atoms with Gasteiger partial charge in [-0.1, -0.05) is 23.7 Å². The molecule has 1 atom stereocenters. The number of hydrogen-bond acceptors (Lipinski definition) is 3. The number of rotatable bonds is 6. The van der Waals surface area contributed by atoms with Crippen LogP contribution in [0.25, 0.3) is 0 Å². The van der Waals surface area contributed by atoms with Gasteiger partial charge in [-0.2, -0.15) is 0 Å². The van der Waals surface area contributed by atoms with Gasteiger partial charge >= 0.3 is 0 Å². The molecule has 3 nitrogen and oxygen atoms in total. The van der Waals surface area contributed by atoms with Gasteiger partial charge < -0.3 is 15.0 Å². The molecule has 116 valence electrons. The number of nitrogens with zero attached hydrogens (tertiary/aromatic N) is 1. The quantitative estimate of drug-likeness (QED) is 0.869. The first kappa shape index (κ1) is 15.1. The van der Waals surface area contributed by atoms with Gasteiger partial charge in [0.05, 0.1) is 16.8 Å². The van der Waals surface area contributed by atoms with Crippen molar-refractivity contribution in [3.8, 4) is 0 Å². The average molecular weight is 309 g/mol. The Balaban J connectivity index is 1.75. The van der Waals surface area contributed by atoms with Crippen LogP contribution in [0.2, 0.25) is 5.02 Å². The summed E-state index contributed by atoms with van der Waals surface area (Å²) in [5, 5.41) is 4.46. The molecule has 1 saturated carbocycles. The Labute approximate surface area is 132 Å². The van der Waals surface area contributed by atoms with Crippen LogP contribution in [0.3, 0.4) is 0 Å². The van der Waals surface area contributed by atoms with Crippen LogP contribution < -0.4 is 10.2 Å². The highest BCUT2D eigenvalue weighted by molar-refractivity contribution is 6.33. The summed E-state index contributed by atoms with van der Waals surface area (Å²) in [7, 11) is 0. The maximum absolute atomic E-state index is 6.51. The smallest absolute Gasteiger partial charge is 0.0750 e. The van der Waals surface area contributed by atoms with E-state index in [-0.39, 0.29) is 0 Å². The Morgan fingerprint density at radius 3 is 2.95 bits per heavy atom. The molecular weight excluding hydrogens is 284 g/mol. The molecule has 2 aliphatic rings. The van der Waals surface area contributed by atoms with Gasteiger partial charge in [0.1, 0.15) is 0 Å². The molecule has 0 radical (unpaired) electrons. The number of benzene rings is 1. The van der Waals surface area contributed by atoms with E-state index in [2.05, 4.69) is 29.3 Å². The Kier molecular flexibility index (Phi) is 5.04. The molecule has 1 heterocycles. The third kappa shape index (κ3) is 3.91. The fourth-order valence-electron chi connectivity index (χ4n) is 3.11. The molecule has 1 unspecified atom stereocenters. The zero-order valence-electron chi connectivity index (χ0n) is 12.8. The lowest BCUT2D eigenvalue weighted by atomic mass is 10.0. The van der Waals surface area contributed by atoms with Gasteiger partial charge in [0.25, 0.3) is 0 Å². The van der Waals surface area contributed by atoms with Gasteiger partial charge in [-0.3, -0.25) is 0 Å². The number of para-hydroxylation sites is 1. The van der Waals surface area contributed by atoms with E-state index >= 15 is 0 Å². The van der Waals surface area contributed by atoms with E-state index in [0.29, 0.717) is 6.10 Å². The minimum atomic E-state index is 0.337. The SMILES string of the molecule is CCOC1CCCN(c2c(Cl)cccc2CNC2CC2)C1. The number of nitrogens with one attached hydrogen (secondary N) is 1. The van der Waals surface area contributed by atoms with Gasteiger partial charge in [-0.05, 0) is 44.2 Å². The minimum absolute atomic E-state index is 0.337. The summed E-state index contributed by atoms with van der Waals surface area (Å²) in [6.07, 6.45) is 5.29. The molecule has 0 aromatic heterocycles. The average Bonchev–Trinajstić information content (AvgIpc) is 3.30. The van der Waals surface area contributed by atoms with Crippen LogP contribution in [0.5, 0.6) is 0 Å². The van der Waals surface area contributed by atoms with Crippen LogP contribution in [0, 0.1) is 0 Å². The lowest BCUT2D eigenvalue weighted by molar-refractivity contribution is 0.0526. The van der Waals surface area contributed by atoms with Gasteiger partial charge in [-0.25, -0.2) is 0 Å². The second kappa shape index (κ2) is 6.99. The molecule has 3 rings (SSSR count). The van der Waals surface area contributed by atoms with Gasteiger partial charge in [0, 0.05) is 32.3 Å². The molecule has 4 heteroatoms. The van der Waals surface area contributed by atoms with Crippen molar-refractivity contribution in [2.75, 3.05) is 24.6 Å². The summed E-state index contributed by atoms with van der Waals surface area (Å²) in [6.45, 7) is 5.80. The fourth-order valence-corrected chi connectivity index (χ4v) is 3.43. The molecular formula is C17H25ClN2O. The van der Waals surface area contributed by atoms with E-state index in [1.54, 1.807) is 0 Å². The summed E-state index contributed by atoms with van der Waals surface area (Å²) < 4.78 is 5.82. The summed E-state index contributed by atoms with van der Waals surface area (Å²) in [6, 6.07) is 6.97. The van der Waals surface area contributed by atoms with Crippen molar-refractivity contribution in [1.29, 1.82) is 0 Å². The number of halogens is 1.